The van der Waals surface area contributed by atoms with Gasteiger partial charge in [-0.05, 0) is 24.3 Å². The van der Waals surface area contributed by atoms with Crippen LogP contribution in [-0.2, 0) is 4.79 Å². The number of carbonyl (C=O) groups is 2. The molecule has 2 aromatic carbocycles. The van der Waals surface area contributed by atoms with Gasteiger partial charge in [0.1, 0.15) is 10.7 Å². The Morgan fingerprint density at radius 1 is 0.917 bits per heavy atom. The molecule has 24 heavy (non-hydrogen) atoms. The molecule has 1 heterocycles. The van der Waals surface area contributed by atoms with Crippen molar-refractivity contribution in [2.75, 3.05) is 10.6 Å². The molecule has 0 aliphatic carbocycles. The van der Waals surface area contributed by atoms with E-state index in [1.54, 1.807) is 29.6 Å². The van der Waals surface area contributed by atoms with Crippen LogP contribution in [0.4, 0.5) is 11.4 Å². The molecule has 0 fully saturated rings. The van der Waals surface area contributed by atoms with Crippen LogP contribution in [0.15, 0.2) is 60.0 Å². The number of nitrogens with zero attached hydrogens (tertiary/aromatic N) is 1. The van der Waals surface area contributed by atoms with E-state index >= 15 is 0 Å². The summed E-state index contributed by atoms with van der Waals surface area (Å²) in [6.45, 7) is 1.45. The van der Waals surface area contributed by atoms with Crippen molar-refractivity contribution in [2.45, 2.75) is 6.92 Å². The topological polar surface area (TPSA) is 71.1 Å². The average Bonchev–Trinajstić information content (AvgIpc) is 3.07. The summed E-state index contributed by atoms with van der Waals surface area (Å²) >= 11 is 1.43. The lowest BCUT2D eigenvalue weighted by atomic mass is 10.2. The van der Waals surface area contributed by atoms with E-state index < -0.39 is 0 Å². The van der Waals surface area contributed by atoms with Gasteiger partial charge in [0.25, 0.3) is 5.91 Å². The van der Waals surface area contributed by atoms with Gasteiger partial charge in [0.05, 0.1) is 0 Å². The van der Waals surface area contributed by atoms with E-state index in [0.29, 0.717) is 17.1 Å². The van der Waals surface area contributed by atoms with Crippen LogP contribution < -0.4 is 10.6 Å². The Kier molecular flexibility index (Phi) is 4.67. The number of anilines is 2. The Morgan fingerprint density at radius 3 is 2.17 bits per heavy atom. The fourth-order valence-electron chi connectivity index (χ4n) is 2.13. The quantitative estimate of drug-likeness (QED) is 0.755. The molecular formula is C18H15N3O2S. The van der Waals surface area contributed by atoms with Gasteiger partial charge in [0, 0.05) is 29.2 Å². The van der Waals surface area contributed by atoms with Crippen LogP contribution in [0.2, 0.25) is 0 Å². The molecule has 120 valence electrons. The van der Waals surface area contributed by atoms with E-state index in [0.717, 1.165) is 10.6 Å². The first-order chi connectivity index (χ1) is 11.6. The lowest BCUT2D eigenvalue weighted by Gasteiger charge is -2.05. The van der Waals surface area contributed by atoms with E-state index in [1.807, 2.05) is 30.3 Å². The second-order valence-electron chi connectivity index (χ2n) is 5.12. The van der Waals surface area contributed by atoms with E-state index in [1.165, 1.54) is 18.3 Å². The Balaban J connectivity index is 1.69. The zero-order valence-electron chi connectivity index (χ0n) is 12.9. The van der Waals surface area contributed by atoms with Gasteiger partial charge in [-0.15, -0.1) is 11.3 Å². The Morgan fingerprint density at radius 2 is 1.54 bits per heavy atom. The summed E-state index contributed by atoms with van der Waals surface area (Å²) in [7, 11) is 0. The Hall–Kier alpha value is -2.99. The fraction of sp³-hybridized carbons (Fsp3) is 0.0556. The van der Waals surface area contributed by atoms with Crippen molar-refractivity contribution in [1.29, 1.82) is 0 Å². The highest BCUT2D eigenvalue weighted by Gasteiger charge is 2.12. The maximum absolute atomic E-state index is 12.3. The van der Waals surface area contributed by atoms with Crippen LogP contribution in [0, 0.1) is 0 Å². The van der Waals surface area contributed by atoms with Crippen molar-refractivity contribution in [3.63, 3.8) is 0 Å². The Bertz CT molecular complexity index is 857. The minimum atomic E-state index is -0.263. The number of hydrogen-bond donors (Lipinski definition) is 2. The van der Waals surface area contributed by atoms with Crippen LogP contribution in [0.1, 0.15) is 17.4 Å². The van der Waals surface area contributed by atoms with Crippen LogP contribution in [-0.4, -0.2) is 16.8 Å². The molecule has 0 aliphatic rings. The molecule has 3 aromatic rings. The van der Waals surface area contributed by atoms with Crippen molar-refractivity contribution < 1.29 is 9.59 Å². The van der Waals surface area contributed by atoms with E-state index in [2.05, 4.69) is 15.6 Å². The number of rotatable bonds is 4. The number of carbonyl (C=O) groups excluding carboxylic acids is 2. The highest BCUT2D eigenvalue weighted by atomic mass is 32.1. The molecule has 5 nitrogen and oxygen atoms in total. The third-order valence-corrected chi connectivity index (χ3v) is 4.11. The molecule has 0 radical (unpaired) electrons. The van der Waals surface area contributed by atoms with Crippen molar-refractivity contribution in [3.05, 3.63) is 65.7 Å². The molecule has 0 saturated heterocycles. The van der Waals surface area contributed by atoms with E-state index in [9.17, 15) is 9.59 Å². The lowest BCUT2D eigenvalue weighted by Crippen LogP contribution is -2.12. The van der Waals surface area contributed by atoms with Gasteiger partial charge in [-0.25, -0.2) is 4.98 Å². The summed E-state index contributed by atoms with van der Waals surface area (Å²) in [5.74, 6) is -0.400. The third-order valence-electron chi connectivity index (χ3n) is 3.22. The molecular weight excluding hydrogens is 322 g/mol. The maximum Gasteiger partial charge on any atom is 0.275 e. The van der Waals surface area contributed by atoms with E-state index in [4.69, 9.17) is 0 Å². The summed E-state index contributed by atoms with van der Waals surface area (Å²) in [5, 5.41) is 8.02. The van der Waals surface area contributed by atoms with Crippen LogP contribution in [0.5, 0.6) is 0 Å². The number of amides is 2. The number of thiazole rings is 1. The van der Waals surface area contributed by atoms with Gasteiger partial charge in [0.15, 0.2) is 0 Å². The molecule has 1 aromatic heterocycles. The van der Waals surface area contributed by atoms with Gasteiger partial charge >= 0.3 is 0 Å². The van der Waals surface area contributed by atoms with Crippen molar-refractivity contribution in [2.24, 2.45) is 0 Å². The largest absolute Gasteiger partial charge is 0.326 e. The number of aromatic nitrogens is 1. The molecule has 0 spiro atoms. The van der Waals surface area contributed by atoms with Crippen molar-refractivity contribution in [3.8, 4) is 10.6 Å². The first kappa shape index (κ1) is 15.9. The molecule has 2 N–H and O–H groups in total. The zero-order chi connectivity index (χ0) is 16.9. The second-order valence-corrected chi connectivity index (χ2v) is 5.97. The first-order valence-corrected chi connectivity index (χ1v) is 8.20. The number of nitrogens with one attached hydrogen (secondary N) is 2. The summed E-state index contributed by atoms with van der Waals surface area (Å²) in [4.78, 5) is 27.7. The Labute approximate surface area is 143 Å². The zero-order valence-corrected chi connectivity index (χ0v) is 13.8. The van der Waals surface area contributed by atoms with Crippen LogP contribution >= 0.6 is 11.3 Å². The SMILES string of the molecule is CC(=O)Nc1ccc(NC(=O)c2csc(-c3ccccc3)n2)cc1. The molecule has 0 bridgehead atoms. The lowest BCUT2D eigenvalue weighted by molar-refractivity contribution is -0.114. The minimum absolute atomic E-state index is 0.136. The summed E-state index contributed by atoms with van der Waals surface area (Å²) in [6, 6.07) is 16.7. The van der Waals surface area contributed by atoms with Crippen LogP contribution in [0.3, 0.4) is 0 Å². The number of hydrogen-bond acceptors (Lipinski definition) is 4. The highest BCUT2D eigenvalue weighted by Crippen LogP contribution is 2.24. The molecule has 3 rings (SSSR count). The van der Waals surface area contributed by atoms with Gasteiger partial charge in [-0.1, -0.05) is 30.3 Å². The van der Waals surface area contributed by atoms with Gasteiger partial charge < -0.3 is 10.6 Å². The van der Waals surface area contributed by atoms with Gasteiger partial charge in [-0.3, -0.25) is 9.59 Å². The monoisotopic (exact) mass is 337 g/mol. The van der Waals surface area contributed by atoms with Crippen LogP contribution in [0.25, 0.3) is 10.6 Å². The fourth-order valence-corrected chi connectivity index (χ4v) is 2.93. The molecule has 0 unspecified atom stereocenters. The summed E-state index contributed by atoms with van der Waals surface area (Å²) < 4.78 is 0. The molecule has 0 aliphatic heterocycles. The average molecular weight is 337 g/mol. The predicted molar refractivity (Wildman–Crippen MR) is 96.2 cm³/mol. The second kappa shape index (κ2) is 7.06. The highest BCUT2D eigenvalue weighted by molar-refractivity contribution is 7.13. The first-order valence-electron chi connectivity index (χ1n) is 7.32. The van der Waals surface area contributed by atoms with Crippen molar-refractivity contribution in [1.82, 2.24) is 4.98 Å². The smallest absolute Gasteiger partial charge is 0.275 e. The van der Waals surface area contributed by atoms with E-state index in [-0.39, 0.29) is 11.8 Å². The minimum Gasteiger partial charge on any atom is -0.326 e. The number of benzene rings is 2. The molecule has 0 saturated carbocycles. The molecule has 6 heteroatoms. The maximum atomic E-state index is 12.3. The molecule has 2 amide bonds. The van der Waals surface area contributed by atoms with Gasteiger partial charge in [0.2, 0.25) is 5.91 Å². The third kappa shape index (κ3) is 3.85. The summed E-state index contributed by atoms with van der Waals surface area (Å²) in [5.41, 5.74) is 2.69. The standard InChI is InChI=1S/C18H15N3O2S/c1-12(22)19-14-7-9-15(10-8-14)20-17(23)16-11-24-18(21-16)13-5-3-2-4-6-13/h2-11H,1H3,(H,19,22)(H,20,23). The predicted octanol–water partition coefficient (Wildman–Crippen LogP) is 4.02. The van der Waals surface area contributed by atoms with Gasteiger partial charge in [-0.2, -0.15) is 0 Å². The summed E-state index contributed by atoms with van der Waals surface area (Å²) in [6.07, 6.45) is 0. The van der Waals surface area contributed by atoms with Crippen molar-refractivity contribution >= 4 is 34.5 Å². The molecule has 0 atom stereocenters. The normalized spacial score (nSPS) is 10.2.